The van der Waals surface area contributed by atoms with Gasteiger partial charge in [-0.15, -0.1) is 11.3 Å². The second-order valence-electron chi connectivity index (χ2n) is 2.07. The molecule has 54 valence electrons. The highest BCUT2D eigenvalue weighted by Gasteiger charge is 2.09. The van der Waals surface area contributed by atoms with Crippen LogP contribution in [0.4, 0.5) is 0 Å². The summed E-state index contributed by atoms with van der Waals surface area (Å²) < 4.78 is 7.30. The summed E-state index contributed by atoms with van der Waals surface area (Å²) in [7, 11) is 0. The van der Waals surface area contributed by atoms with Crippen LogP contribution in [-0.4, -0.2) is 11.1 Å². The largest absolute Gasteiger partial charge is 0.478 e. The molecule has 0 radical (unpaired) electrons. The first-order valence-electron chi connectivity index (χ1n) is 3.34. The molecule has 1 heterocycles. The summed E-state index contributed by atoms with van der Waals surface area (Å²) in [6.07, 6.45) is 0. The summed E-state index contributed by atoms with van der Waals surface area (Å²) in [5.74, 6) is -1.00. The van der Waals surface area contributed by atoms with Crippen molar-refractivity contribution < 1.29 is 11.3 Å². The van der Waals surface area contributed by atoms with Gasteiger partial charge in [-0.1, -0.05) is 0 Å². The van der Waals surface area contributed by atoms with Crippen LogP contribution in [0.1, 0.15) is 22.2 Å². The predicted octanol–water partition coefficient (Wildman–Crippen LogP) is 2.06. The Morgan fingerprint density at radius 1 is 1.80 bits per heavy atom. The minimum absolute atomic E-state index is 0.146. The van der Waals surface area contributed by atoms with Crippen LogP contribution < -0.4 is 0 Å². The first kappa shape index (κ1) is 5.92. The van der Waals surface area contributed by atoms with E-state index in [1.165, 1.54) is 11.3 Å². The number of rotatable bonds is 1. The lowest BCUT2D eigenvalue weighted by Gasteiger charge is -1.90. The maximum atomic E-state index is 10.5. The zero-order valence-corrected chi connectivity index (χ0v) is 6.58. The van der Waals surface area contributed by atoms with Crippen LogP contribution in [-0.2, 0) is 0 Å². The summed E-state index contributed by atoms with van der Waals surface area (Å²) in [4.78, 5) is 11.5. The normalized spacial score (nSPS) is 11.2. The average Bonchev–Trinajstić information content (AvgIpc) is 2.07. The molecule has 0 aliphatic rings. The minimum Gasteiger partial charge on any atom is -0.478 e. The number of carboxylic acid groups (broad SMARTS) is 1. The number of hydrogen-bond donors (Lipinski definition) is 1. The molecular weight excluding hydrogens is 148 g/mol. The van der Waals surface area contributed by atoms with Crippen molar-refractivity contribution in [2.45, 2.75) is 13.8 Å². The highest BCUT2D eigenvalue weighted by Crippen LogP contribution is 2.19. The van der Waals surface area contributed by atoms with Crippen LogP contribution in [0.15, 0.2) is 5.36 Å². The van der Waals surface area contributed by atoms with Gasteiger partial charge >= 0.3 is 5.97 Å². The number of aromatic carboxylic acids is 1. The van der Waals surface area contributed by atoms with Crippen molar-refractivity contribution in [1.82, 2.24) is 0 Å². The van der Waals surface area contributed by atoms with Gasteiger partial charge in [0.2, 0.25) is 0 Å². The Morgan fingerprint density at radius 2 is 2.40 bits per heavy atom. The van der Waals surface area contributed by atoms with Crippen LogP contribution in [0.25, 0.3) is 0 Å². The van der Waals surface area contributed by atoms with E-state index in [1.807, 2.05) is 6.92 Å². The second-order valence-corrected chi connectivity index (χ2v) is 3.09. The van der Waals surface area contributed by atoms with Gasteiger partial charge in [0.1, 0.15) is 0 Å². The molecule has 3 heteroatoms. The fourth-order valence-corrected chi connectivity index (χ4v) is 1.41. The SMILES string of the molecule is [1H]c1sc(C)c(C)c1C(=O)O. The number of carbonyl (C=O) groups is 1. The van der Waals surface area contributed by atoms with E-state index < -0.39 is 5.97 Å². The molecule has 0 unspecified atom stereocenters. The zero-order chi connectivity index (χ0) is 8.59. The number of carboxylic acids is 1. The third-order valence-electron chi connectivity index (χ3n) is 1.42. The first-order valence-corrected chi connectivity index (χ1v) is 3.65. The van der Waals surface area contributed by atoms with Crippen molar-refractivity contribution in [3.63, 3.8) is 0 Å². The lowest BCUT2D eigenvalue weighted by molar-refractivity contribution is 0.0696. The van der Waals surface area contributed by atoms with Gasteiger partial charge in [0.15, 0.2) is 0 Å². The van der Waals surface area contributed by atoms with Crippen molar-refractivity contribution in [3.05, 3.63) is 21.4 Å². The molecule has 0 saturated heterocycles. The Balaban J connectivity index is 3.34. The Bertz CT molecular complexity index is 304. The molecule has 0 atom stereocenters. The van der Waals surface area contributed by atoms with Gasteiger partial charge in [-0.05, 0) is 19.4 Å². The third-order valence-corrected chi connectivity index (χ3v) is 2.34. The minimum atomic E-state index is -1.00. The molecule has 0 amide bonds. The molecule has 0 aliphatic heterocycles. The Kier molecular flexibility index (Phi) is 1.43. The molecule has 0 spiro atoms. The van der Waals surface area contributed by atoms with E-state index >= 15 is 0 Å². The fraction of sp³-hybridized carbons (Fsp3) is 0.286. The van der Waals surface area contributed by atoms with E-state index in [9.17, 15) is 4.79 Å². The smallest absolute Gasteiger partial charge is 0.336 e. The van der Waals surface area contributed by atoms with Gasteiger partial charge in [0, 0.05) is 10.2 Å². The molecule has 1 N–H and O–H groups in total. The van der Waals surface area contributed by atoms with Crippen molar-refractivity contribution in [3.8, 4) is 0 Å². The van der Waals surface area contributed by atoms with Gasteiger partial charge in [-0.25, -0.2) is 4.79 Å². The third kappa shape index (κ3) is 1.04. The van der Waals surface area contributed by atoms with E-state index in [1.54, 1.807) is 6.92 Å². The molecule has 0 bridgehead atoms. The monoisotopic (exact) mass is 156 g/mol. The average molecular weight is 156 g/mol. The molecule has 0 fully saturated rings. The van der Waals surface area contributed by atoms with E-state index in [2.05, 4.69) is 0 Å². The van der Waals surface area contributed by atoms with E-state index in [0.717, 1.165) is 4.88 Å². The van der Waals surface area contributed by atoms with E-state index in [0.29, 0.717) is 5.56 Å². The van der Waals surface area contributed by atoms with Gasteiger partial charge in [0.25, 0.3) is 0 Å². The Morgan fingerprint density at radius 3 is 2.60 bits per heavy atom. The van der Waals surface area contributed by atoms with Gasteiger partial charge in [0.05, 0.1) is 6.93 Å². The van der Waals surface area contributed by atoms with Crippen LogP contribution >= 0.6 is 11.3 Å². The lowest BCUT2D eigenvalue weighted by Crippen LogP contribution is -1.95. The summed E-state index contributed by atoms with van der Waals surface area (Å²) in [5, 5.41) is 8.79. The van der Waals surface area contributed by atoms with Crippen molar-refractivity contribution in [2.24, 2.45) is 0 Å². The van der Waals surface area contributed by atoms with Crippen molar-refractivity contribution in [1.29, 1.82) is 0 Å². The molecule has 1 rings (SSSR count). The fourth-order valence-electron chi connectivity index (χ4n) is 0.661. The summed E-state index contributed by atoms with van der Waals surface area (Å²) in [6.45, 7) is 3.55. The number of hydrogen-bond acceptors (Lipinski definition) is 2. The Labute approximate surface area is 64.5 Å². The first-order chi connectivity index (χ1) is 5.04. The molecule has 1 aromatic rings. The van der Waals surface area contributed by atoms with Gasteiger partial charge in [-0.3, -0.25) is 0 Å². The quantitative estimate of drug-likeness (QED) is 0.675. The summed E-state index contributed by atoms with van der Waals surface area (Å²) >= 11 is 1.21. The lowest BCUT2D eigenvalue weighted by atomic mass is 10.2. The van der Waals surface area contributed by atoms with Crippen molar-refractivity contribution >= 4 is 17.3 Å². The summed E-state index contributed by atoms with van der Waals surface area (Å²) in [6, 6.07) is 0. The van der Waals surface area contributed by atoms with Crippen LogP contribution in [0, 0.1) is 13.8 Å². The topological polar surface area (TPSA) is 37.3 Å². The molecule has 0 aliphatic carbocycles. The maximum Gasteiger partial charge on any atom is 0.336 e. The number of thiophene rings is 1. The highest BCUT2D eigenvalue weighted by molar-refractivity contribution is 7.10. The molecular formula is C7H8O2S. The Hall–Kier alpha value is -0.830. The number of aryl methyl sites for hydroxylation is 1. The molecule has 1 aromatic heterocycles. The van der Waals surface area contributed by atoms with Crippen LogP contribution in [0.5, 0.6) is 0 Å². The molecule has 0 aromatic carbocycles. The van der Waals surface area contributed by atoms with Crippen LogP contribution in [0.3, 0.4) is 0 Å². The summed E-state index contributed by atoms with van der Waals surface area (Å²) in [5.41, 5.74) is 0.861. The molecule has 0 saturated carbocycles. The van der Waals surface area contributed by atoms with Gasteiger partial charge < -0.3 is 5.11 Å². The maximum absolute atomic E-state index is 10.5. The van der Waals surface area contributed by atoms with Crippen molar-refractivity contribution in [2.75, 3.05) is 0 Å². The molecule has 2 nitrogen and oxygen atoms in total. The highest BCUT2D eigenvalue weighted by atomic mass is 32.1. The second kappa shape index (κ2) is 2.42. The predicted molar refractivity (Wildman–Crippen MR) is 40.8 cm³/mol. The van der Waals surface area contributed by atoms with Gasteiger partial charge in [-0.2, -0.15) is 0 Å². The zero-order valence-electron chi connectivity index (χ0n) is 6.76. The van der Waals surface area contributed by atoms with E-state index in [-0.39, 0.29) is 10.9 Å². The standard InChI is InChI=1S/C7H8O2S/c1-4-5(2)10-3-6(4)7(8)9/h3H,1-2H3,(H,8,9)/i3H. The molecule has 10 heavy (non-hydrogen) atoms. The van der Waals surface area contributed by atoms with Crippen LogP contribution in [0.2, 0.25) is 0 Å². The van der Waals surface area contributed by atoms with E-state index in [4.69, 9.17) is 6.48 Å².